The van der Waals surface area contributed by atoms with Gasteiger partial charge in [0.25, 0.3) is 0 Å². The van der Waals surface area contributed by atoms with Crippen LogP contribution in [0.15, 0.2) is 78.0 Å². The molecule has 1 unspecified atom stereocenters. The van der Waals surface area contributed by atoms with Crippen molar-refractivity contribution in [2.75, 3.05) is 6.61 Å². The van der Waals surface area contributed by atoms with E-state index in [1.165, 1.54) is 34.4 Å². The van der Waals surface area contributed by atoms with Gasteiger partial charge in [-0.15, -0.1) is 0 Å². The van der Waals surface area contributed by atoms with Crippen LogP contribution in [0.1, 0.15) is 36.1 Å². The highest BCUT2D eigenvalue weighted by Crippen LogP contribution is 2.35. The van der Waals surface area contributed by atoms with Crippen LogP contribution in [0.3, 0.4) is 0 Å². The number of rotatable bonds is 7. The molecule has 0 spiro atoms. The number of amidine groups is 1. The SMILES string of the molecule is C=C(O)COc1ccc(C2=NC(C)(c3ccc(-c4ccccc4C)c(CC)c3)ON2)cc1F. The lowest BCUT2D eigenvalue weighted by molar-refractivity contribution is -0.0453. The summed E-state index contributed by atoms with van der Waals surface area (Å²) < 4.78 is 19.6. The molecule has 0 aliphatic carbocycles. The highest BCUT2D eigenvalue weighted by Gasteiger charge is 2.35. The molecule has 0 aromatic heterocycles. The molecule has 3 aromatic carbocycles. The number of nitrogens with one attached hydrogen (secondary N) is 1. The van der Waals surface area contributed by atoms with Crippen LogP contribution in [0.2, 0.25) is 0 Å². The van der Waals surface area contributed by atoms with Gasteiger partial charge in [-0.2, -0.15) is 0 Å². The van der Waals surface area contributed by atoms with Crippen LogP contribution in [-0.4, -0.2) is 17.5 Å². The summed E-state index contributed by atoms with van der Waals surface area (Å²) in [5.41, 5.74) is 8.15. The fourth-order valence-electron chi connectivity index (χ4n) is 3.89. The third-order valence-corrected chi connectivity index (χ3v) is 5.73. The van der Waals surface area contributed by atoms with E-state index in [0.29, 0.717) is 11.4 Å². The predicted octanol–water partition coefficient (Wildman–Crippen LogP) is 5.97. The molecule has 0 radical (unpaired) electrons. The number of hydroxylamine groups is 1. The summed E-state index contributed by atoms with van der Waals surface area (Å²) in [4.78, 5) is 10.6. The van der Waals surface area contributed by atoms with Crippen molar-refractivity contribution in [2.45, 2.75) is 32.9 Å². The molecular formula is C27H27FN2O3. The van der Waals surface area contributed by atoms with Crippen molar-refractivity contribution in [3.8, 4) is 16.9 Å². The molecule has 0 saturated heterocycles. The maximum Gasteiger partial charge on any atom is 0.210 e. The Morgan fingerprint density at radius 2 is 1.94 bits per heavy atom. The van der Waals surface area contributed by atoms with E-state index in [0.717, 1.165) is 12.0 Å². The van der Waals surface area contributed by atoms with Gasteiger partial charge >= 0.3 is 0 Å². The van der Waals surface area contributed by atoms with E-state index in [9.17, 15) is 4.39 Å². The lowest BCUT2D eigenvalue weighted by Gasteiger charge is -2.21. The Morgan fingerprint density at radius 1 is 1.15 bits per heavy atom. The number of hydrogen-bond donors (Lipinski definition) is 2. The first-order valence-electron chi connectivity index (χ1n) is 10.8. The van der Waals surface area contributed by atoms with Crippen molar-refractivity contribution in [2.24, 2.45) is 4.99 Å². The first-order valence-corrected chi connectivity index (χ1v) is 10.8. The Labute approximate surface area is 193 Å². The van der Waals surface area contributed by atoms with Crippen LogP contribution < -0.4 is 10.2 Å². The van der Waals surface area contributed by atoms with Gasteiger partial charge < -0.3 is 9.84 Å². The Bertz CT molecular complexity index is 1240. The molecule has 1 heterocycles. The van der Waals surface area contributed by atoms with Crippen molar-refractivity contribution in [1.82, 2.24) is 5.48 Å². The fraction of sp³-hybridized carbons (Fsp3) is 0.222. The van der Waals surface area contributed by atoms with E-state index >= 15 is 0 Å². The number of aliphatic hydroxyl groups excluding tert-OH is 1. The average Bonchev–Trinajstić information content (AvgIpc) is 3.21. The van der Waals surface area contributed by atoms with Crippen molar-refractivity contribution in [1.29, 1.82) is 0 Å². The van der Waals surface area contributed by atoms with Crippen LogP contribution in [0.25, 0.3) is 11.1 Å². The Balaban J connectivity index is 1.63. The molecule has 3 aromatic rings. The minimum absolute atomic E-state index is 0.0237. The van der Waals surface area contributed by atoms with E-state index in [1.807, 2.05) is 25.1 Å². The average molecular weight is 447 g/mol. The number of aliphatic hydroxyl groups is 1. The summed E-state index contributed by atoms with van der Waals surface area (Å²) in [6.07, 6.45) is 0.866. The maximum atomic E-state index is 14.4. The number of ether oxygens (including phenoxy) is 1. The van der Waals surface area contributed by atoms with E-state index in [4.69, 9.17) is 19.7 Å². The largest absolute Gasteiger partial charge is 0.509 e. The molecule has 0 saturated carbocycles. The first-order chi connectivity index (χ1) is 15.8. The minimum atomic E-state index is -0.955. The Hall–Kier alpha value is -3.64. The summed E-state index contributed by atoms with van der Waals surface area (Å²) in [7, 11) is 0. The quantitative estimate of drug-likeness (QED) is 0.439. The van der Waals surface area contributed by atoms with Gasteiger partial charge in [0.15, 0.2) is 17.4 Å². The lowest BCUT2D eigenvalue weighted by Crippen LogP contribution is -2.25. The van der Waals surface area contributed by atoms with Crippen LogP contribution in [0.5, 0.6) is 5.75 Å². The minimum Gasteiger partial charge on any atom is -0.509 e. The van der Waals surface area contributed by atoms with Crippen molar-refractivity contribution >= 4 is 5.84 Å². The van der Waals surface area contributed by atoms with E-state index in [2.05, 4.69) is 50.2 Å². The second kappa shape index (κ2) is 9.08. The molecule has 0 bridgehead atoms. The molecule has 4 rings (SSSR count). The highest BCUT2D eigenvalue weighted by molar-refractivity contribution is 5.99. The zero-order valence-corrected chi connectivity index (χ0v) is 19.0. The molecule has 2 N–H and O–H groups in total. The van der Waals surface area contributed by atoms with Gasteiger partial charge in [-0.1, -0.05) is 56.0 Å². The molecule has 0 amide bonds. The van der Waals surface area contributed by atoms with Gasteiger partial charge in [-0.3, -0.25) is 0 Å². The third kappa shape index (κ3) is 4.61. The number of hydrogen-bond acceptors (Lipinski definition) is 5. The number of halogens is 1. The van der Waals surface area contributed by atoms with Gasteiger partial charge in [-0.25, -0.2) is 19.7 Å². The smallest absolute Gasteiger partial charge is 0.210 e. The number of aryl methyl sites for hydroxylation is 2. The van der Waals surface area contributed by atoms with Gasteiger partial charge in [0.1, 0.15) is 12.4 Å². The van der Waals surface area contributed by atoms with Crippen LogP contribution >= 0.6 is 0 Å². The molecule has 5 nitrogen and oxygen atoms in total. The van der Waals surface area contributed by atoms with E-state index in [1.54, 1.807) is 6.07 Å². The highest BCUT2D eigenvalue weighted by atomic mass is 19.1. The number of nitrogens with zero attached hydrogens (tertiary/aromatic N) is 1. The second-order valence-electron chi connectivity index (χ2n) is 8.19. The molecule has 1 aliphatic rings. The third-order valence-electron chi connectivity index (χ3n) is 5.73. The topological polar surface area (TPSA) is 63.1 Å². The summed E-state index contributed by atoms with van der Waals surface area (Å²) in [5, 5.41) is 9.14. The monoisotopic (exact) mass is 446 g/mol. The van der Waals surface area contributed by atoms with E-state index < -0.39 is 11.5 Å². The summed E-state index contributed by atoms with van der Waals surface area (Å²) in [5.74, 6) is -0.293. The summed E-state index contributed by atoms with van der Waals surface area (Å²) >= 11 is 0. The second-order valence-corrected chi connectivity index (χ2v) is 8.19. The maximum absolute atomic E-state index is 14.4. The lowest BCUT2D eigenvalue weighted by atomic mass is 9.91. The summed E-state index contributed by atoms with van der Waals surface area (Å²) in [6.45, 7) is 9.27. The van der Waals surface area contributed by atoms with Crippen molar-refractivity contribution in [3.63, 3.8) is 0 Å². The first kappa shape index (κ1) is 22.6. The normalized spacial score (nSPS) is 17.4. The van der Waals surface area contributed by atoms with Crippen molar-refractivity contribution in [3.05, 3.63) is 101 Å². The molecule has 0 fully saturated rings. The number of benzene rings is 3. The zero-order chi connectivity index (χ0) is 23.6. The van der Waals surface area contributed by atoms with Crippen LogP contribution in [0.4, 0.5) is 4.39 Å². The van der Waals surface area contributed by atoms with Gasteiger partial charge in [-0.05, 0) is 60.7 Å². The zero-order valence-electron chi connectivity index (χ0n) is 19.0. The summed E-state index contributed by atoms with van der Waals surface area (Å²) in [6, 6.07) is 19.1. The number of aliphatic imine (C=N–C) groups is 1. The fourth-order valence-corrected chi connectivity index (χ4v) is 3.89. The van der Waals surface area contributed by atoms with Crippen LogP contribution in [0, 0.1) is 12.7 Å². The van der Waals surface area contributed by atoms with Crippen molar-refractivity contribution < 1.29 is 19.1 Å². The molecule has 1 aliphatic heterocycles. The van der Waals surface area contributed by atoms with Gasteiger partial charge in [0.2, 0.25) is 5.72 Å². The van der Waals surface area contributed by atoms with E-state index in [-0.39, 0.29) is 18.1 Å². The Morgan fingerprint density at radius 3 is 2.64 bits per heavy atom. The van der Waals surface area contributed by atoms with Crippen LogP contribution in [-0.2, 0) is 17.0 Å². The molecule has 1 atom stereocenters. The van der Waals surface area contributed by atoms with Gasteiger partial charge in [0.05, 0.1) is 0 Å². The Kier molecular flexibility index (Phi) is 6.20. The standard InChI is InChI=1S/C27H27FN2O3/c1-5-19-14-21(11-12-23(19)22-9-7-6-8-17(22)2)27(4)29-26(30-33-27)20-10-13-25(24(28)15-20)32-16-18(3)31/h6-15,31H,3,5,16H2,1-2,4H3,(H,29,30). The molecule has 6 heteroatoms. The van der Waals surface area contributed by atoms with Gasteiger partial charge in [0, 0.05) is 11.1 Å². The predicted molar refractivity (Wildman–Crippen MR) is 128 cm³/mol. The molecule has 170 valence electrons. The molecule has 33 heavy (non-hydrogen) atoms. The molecular weight excluding hydrogens is 419 g/mol.